The van der Waals surface area contributed by atoms with Gasteiger partial charge >= 0.3 is 0 Å². The lowest BCUT2D eigenvalue weighted by Crippen LogP contribution is -2.01. The summed E-state index contributed by atoms with van der Waals surface area (Å²) in [6.45, 7) is 2.45. The first-order chi connectivity index (χ1) is 12.8. The number of fused-ring (bicyclic) bond motifs is 2. The highest BCUT2D eigenvalue weighted by Gasteiger charge is 2.10. The average Bonchev–Trinajstić information content (AvgIpc) is 3.36. The summed E-state index contributed by atoms with van der Waals surface area (Å²) in [5.41, 5.74) is 4.51. The summed E-state index contributed by atoms with van der Waals surface area (Å²) < 4.78 is 7.03. The molecule has 0 aliphatic carbocycles. The first-order valence-electron chi connectivity index (χ1n) is 8.20. The molecule has 0 spiro atoms. The molecule has 4 heterocycles. The highest BCUT2D eigenvalue weighted by Crippen LogP contribution is 2.25. The van der Waals surface area contributed by atoms with Crippen LogP contribution in [0.4, 0.5) is 11.5 Å². The van der Waals surface area contributed by atoms with Gasteiger partial charge in [0.1, 0.15) is 17.0 Å². The van der Waals surface area contributed by atoms with Crippen molar-refractivity contribution in [2.75, 3.05) is 5.32 Å². The van der Waals surface area contributed by atoms with E-state index >= 15 is 0 Å². The zero-order valence-electron chi connectivity index (χ0n) is 14.0. The zero-order chi connectivity index (χ0) is 17.5. The summed E-state index contributed by atoms with van der Waals surface area (Å²) >= 11 is 0. The molecule has 5 rings (SSSR count). The molecule has 0 fully saturated rings. The maximum Gasteiger partial charge on any atom is 0.178 e. The average molecular weight is 345 g/mol. The van der Waals surface area contributed by atoms with Crippen LogP contribution in [0.2, 0.25) is 0 Å². The van der Waals surface area contributed by atoms with Crippen molar-refractivity contribution in [2.45, 2.75) is 13.5 Å². The maximum atomic E-state index is 5.12. The summed E-state index contributed by atoms with van der Waals surface area (Å²) in [6.07, 6.45) is 3.59. The van der Waals surface area contributed by atoms with Crippen LogP contribution in [0.3, 0.4) is 0 Å². The van der Waals surface area contributed by atoms with Crippen molar-refractivity contribution in [3.63, 3.8) is 0 Å². The summed E-state index contributed by atoms with van der Waals surface area (Å²) in [5, 5.41) is 20.1. The minimum Gasteiger partial charge on any atom is -0.361 e. The first-order valence-corrected chi connectivity index (χ1v) is 8.20. The van der Waals surface area contributed by atoms with Gasteiger partial charge in [-0.2, -0.15) is 10.2 Å². The molecule has 4 aromatic heterocycles. The monoisotopic (exact) mass is 345 g/mol. The predicted molar refractivity (Wildman–Crippen MR) is 97.2 cm³/mol. The number of aromatic nitrogens is 6. The molecule has 8 heteroatoms. The van der Waals surface area contributed by atoms with Gasteiger partial charge in [0.05, 0.1) is 23.8 Å². The third-order valence-electron chi connectivity index (χ3n) is 4.21. The first kappa shape index (κ1) is 14.6. The Hall–Kier alpha value is -3.68. The lowest BCUT2D eigenvalue weighted by atomic mass is 10.2. The Morgan fingerprint density at radius 3 is 3.08 bits per heavy atom. The summed E-state index contributed by atoms with van der Waals surface area (Å²) in [4.78, 5) is 4.36. The quantitative estimate of drug-likeness (QED) is 0.518. The number of nitrogens with zero attached hydrogens (tertiary/aromatic N) is 5. The van der Waals surface area contributed by atoms with Crippen molar-refractivity contribution >= 4 is 33.4 Å². The van der Waals surface area contributed by atoms with E-state index in [2.05, 4.69) is 30.8 Å². The van der Waals surface area contributed by atoms with Crippen molar-refractivity contribution in [1.82, 2.24) is 30.1 Å². The fourth-order valence-corrected chi connectivity index (χ4v) is 3.01. The van der Waals surface area contributed by atoms with Crippen molar-refractivity contribution < 1.29 is 4.52 Å². The van der Waals surface area contributed by atoms with Crippen LogP contribution < -0.4 is 5.32 Å². The summed E-state index contributed by atoms with van der Waals surface area (Å²) in [5.74, 6) is 1.49. The van der Waals surface area contributed by atoms with Gasteiger partial charge < -0.3 is 9.84 Å². The second-order valence-corrected chi connectivity index (χ2v) is 6.10. The van der Waals surface area contributed by atoms with Gasteiger partial charge in [0, 0.05) is 23.3 Å². The van der Waals surface area contributed by atoms with E-state index in [9.17, 15) is 0 Å². The molecule has 0 bridgehead atoms. The van der Waals surface area contributed by atoms with Crippen molar-refractivity contribution in [1.29, 1.82) is 0 Å². The summed E-state index contributed by atoms with van der Waals surface area (Å²) in [7, 11) is 0. The van der Waals surface area contributed by atoms with Crippen LogP contribution in [0, 0.1) is 6.92 Å². The molecule has 0 aliphatic rings. The lowest BCUT2D eigenvalue weighted by molar-refractivity contribution is 0.388. The third-order valence-corrected chi connectivity index (χ3v) is 4.21. The number of nitrogens with one attached hydrogen (secondary N) is 2. The number of anilines is 2. The van der Waals surface area contributed by atoms with Crippen LogP contribution >= 0.6 is 0 Å². The zero-order valence-corrected chi connectivity index (χ0v) is 14.0. The second kappa shape index (κ2) is 5.69. The molecule has 0 atom stereocenters. The van der Waals surface area contributed by atoms with Crippen molar-refractivity contribution in [3.8, 4) is 0 Å². The van der Waals surface area contributed by atoms with Gasteiger partial charge in [-0.15, -0.1) is 0 Å². The molecule has 2 N–H and O–H groups in total. The topological polar surface area (TPSA) is 97.5 Å². The Morgan fingerprint density at radius 1 is 1.23 bits per heavy atom. The van der Waals surface area contributed by atoms with E-state index in [1.807, 2.05) is 54.2 Å². The van der Waals surface area contributed by atoms with Gasteiger partial charge in [-0.05, 0) is 37.3 Å². The highest BCUT2D eigenvalue weighted by atomic mass is 16.5. The smallest absolute Gasteiger partial charge is 0.178 e. The highest BCUT2D eigenvalue weighted by molar-refractivity contribution is 5.89. The van der Waals surface area contributed by atoms with Gasteiger partial charge in [0.25, 0.3) is 0 Å². The van der Waals surface area contributed by atoms with Gasteiger partial charge in [0.2, 0.25) is 0 Å². The SMILES string of the molecule is Cc1cc(Cn2ncc3cc(Nc4n[nH]c5cccnc45)ccc32)no1. The van der Waals surface area contributed by atoms with Crippen LogP contribution in [-0.4, -0.2) is 30.1 Å². The van der Waals surface area contributed by atoms with E-state index < -0.39 is 0 Å². The minimum atomic E-state index is 0.571. The van der Waals surface area contributed by atoms with Crippen LogP contribution in [0.25, 0.3) is 21.9 Å². The van der Waals surface area contributed by atoms with Crippen LogP contribution in [-0.2, 0) is 6.54 Å². The lowest BCUT2D eigenvalue weighted by Gasteiger charge is -2.05. The fourth-order valence-electron chi connectivity index (χ4n) is 3.01. The van der Waals surface area contributed by atoms with Crippen LogP contribution in [0.15, 0.2) is 53.3 Å². The Morgan fingerprint density at radius 2 is 2.19 bits per heavy atom. The standard InChI is InChI=1S/C18H15N7O/c1-11-7-14(24-26-11)10-25-16-5-4-13(8-12(16)9-20-25)21-18-17-15(22-23-18)3-2-6-19-17/h2-9H,10H2,1H3,(H2,21,22,23). The number of pyridine rings is 1. The molecule has 0 radical (unpaired) electrons. The molecule has 0 unspecified atom stereocenters. The number of hydrogen-bond donors (Lipinski definition) is 2. The number of H-pyrrole nitrogens is 1. The Kier molecular flexibility index (Phi) is 3.21. The van der Waals surface area contributed by atoms with E-state index in [1.54, 1.807) is 6.20 Å². The van der Waals surface area contributed by atoms with Gasteiger partial charge in [0.15, 0.2) is 5.82 Å². The molecule has 5 aromatic rings. The molecule has 0 amide bonds. The van der Waals surface area contributed by atoms with Crippen molar-refractivity contribution in [2.24, 2.45) is 0 Å². The van der Waals surface area contributed by atoms with E-state index in [1.165, 1.54) is 0 Å². The van der Waals surface area contributed by atoms with E-state index in [4.69, 9.17) is 4.52 Å². The number of rotatable bonds is 4. The number of aryl methyl sites for hydroxylation is 1. The third kappa shape index (κ3) is 2.48. The van der Waals surface area contributed by atoms with Gasteiger partial charge in [-0.25, -0.2) is 0 Å². The number of benzene rings is 1. The second-order valence-electron chi connectivity index (χ2n) is 6.10. The van der Waals surface area contributed by atoms with E-state index in [-0.39, 0.29) is 0 Å². The predicted octanol–water partition coefficient (Wildman–Crippen LogP) is 3.40. The maximum absolute atomic E-state index is 5.12. The molecule has 1 aromatic carbocycles. The minimum absolute atomic E-state index is 0.571. The molecule has 128 valence electrons. The molecule has 0 saturated carbocycles. The Bertz CT molecular complexity index is 1220. The molecular weight excluding hydrogens is 330 g/mol. The largest absolute Gasteiger partial charge is 0.361 e. The molecule has 8 nitrogen and oxygen atoms in total. The number of hydrogen-bond acceptors (Lipinski definition) is 6. The molecule has 0 saturated heterocycles. The van der Waals surface area contributed by atoms with Gasteiger partial charge in [-0.1, -0.05) is 5.16 Å². The van der Waals surface area contributed by atoms with E-state index in [0.717, 1.165) is 39.1 Å². The van der Waals surface area contributed by atoms with Crippen molar-refractivity contribution in [3.05, 3.63) is 60.2 Å². The van der Waals surface area contributed by atoms with Gasteiger partial charge in [-0.3, -0.25) is 14.8 Å². The fraction of sp³-hybridized carbons (Fsp3) is 0.111. The molecular formula is C18H15N7O. The van der Waals surface area contributed by atoms with E-state index in [0.29, 0.717) is 12.4 Å². The Balaban J connectivity index is 1.45. The van der Waals surface area contributed by atoms with Crippen LogP contribution in [0.5, 0.6) is 0 Å². The molecule has 26 heavy (non-hydrogen) atoms. The number of aromatic amines is 1. The molecule has 0 aliphatic heterocycles. The van der Waals surface area contributed by atoms with Crippen LogP contribution in [0.1, 0.15) is 11.5 Å². The Labute approximate surface area is 147 Å². The normalized spacial score (nSPS) is 11.4. The summed E-state index contributed by atoms with van der Waals surface area (Å²) in [6, 6.07) is 11.8.